The van der Waals surface area contributed by atoms with Crippen LogP contribution >= 0.6 is 23.1 Å². The molecule has 1 aliphatic heterocycles. The van der Waals surface area contributed by atoms with Gasteiger partial charge in [0.05, 0.1) is 11.2 Å². The molecule has 22 heavy (non-hydrogen) atoms. The Morgan fingerprint density at radius 2 is 2.05 bits per heavy atom. The summed E-state index contributed by atoms with van der Waals surface area (Å²) < 4.78 is 12.9. The van der Waals surface area contributed by atoms with Crippen molar-refractivity contribution in [1.29, 1.82) is 0 Å². The number of hydrogen-bond donors (Lipinski definition) is 0. The lowest BCUT2D eigenvalue weighted by Gasteiger charge is -2.18. The zero-order chi connectivity index (χ0) is 15.4. The van der Waals surface area contributed by atoms with E-state index in [2.05, 4.69) is 4.98 Å². The van der Waals surface area contributed by atoms with E-state index >= 15 is 0 Å². The average Bonchev–Trinajstić information content (AvgIpc) is 2.82. The highest BCUT2D eigenvalue weighted by molar-refractivity contribution is 7.99. The zero-order valence-electron chi connectivity index (χ0n) is 12.1. The third kappa shape index (κ3) is 3.87. The summed E-state index contributed by atoms with van der Waals surface area (Å²) in [4.78, 5) is 19.5. The quantitative estimate of drug-likeness (QED) is 0.861. The minimum Gasteiger partial charge on any atom is -0.337 e. The molecule has 0 aliphatic carbocycles. The molecule has 1 aromatic carbocycles. The molecule has 0 spiro atoms. The highest BCUT2D eigenvalue weighted by Crippen LogP contribution is 2.20. The minimum absolute atomic E-state index is 0.0883. The number of benzene rings is 1. The van der Waals surface area contributed by atoms with Crippen LogP contribution in [0.4, 0.5) is 4.39 Å². The summed E-state index contributed by atoms with van der Waals surface area (Å²) in [6.07, 6.45) is 3.36. The highest BCUT2D eigenvalue weighted by Gasteiger charge is 2.19. The van der Waals surface area contributed by atoms with Crippen molar-refractivity contribution < 1.29 is 9.18 Å². The molecule has 0 saturated carbocycles. The molecule has 116 valence electrons. The second-order valence-electron chi connectivity index (χ2n) is 5.18. The normalized spacial score (nSPS) is 15.6. The Hall–Kier alpha value is -1.40. The van der Waals surface area contributed by atoms with Crippen LogP contribution in [0.5, 0.6) is 0 Å². The number of nitrogens with zero attached hydrogens (tertiary/aromatic N) is 2. The Bertz CT molecular complexity index is 634. The van der Waals surface area contributed by atoms with Gasteiger partial charge in [-0.1, -0.05) is 12.1 Å². The summed E-state index contributed by atoms with van der Waals surface area (Å²) in [6.45, 7) is 1.64. The van der Waals surface area contributed by atoms with E-state index in [9.17, 15) is 9.18 Å². The van der Waals surface area contributed by atoms with E-state index in [1.165, 1.54) is 23.5 Å². The molecule has 1 fully saturated rings. The molecule has 6 heteroatoms. The van der Waals surface area contributed by atoms with Crippen LogP contribution in [0.25, 0.3) is 0 Å². The third-order valence-corrected chi connectivity index (χ3v) is 5.58. The van der Waals surface area contributed by atoms with Crippen LogP contribution in [0.2, 0.25) is 0 Å². The molecule has 1 amide bonds. The van der Waals surface area contributed by atoms with E-state index in [4.69, 9.17) is 0 Å². The van der Waals surface area contributed by atoms with Crippen molar-refractivity contribution in [2.45, 2.75) is 12.8 Å². The van der Waals surface area contributed by atoms with Crippen molar-refractivity contribution in [3.8, 4) is 0 Å². The SMILES string of the molecule is O=C(c1cnc(Cc2ccc(F)cc2)s1)N1CCCSCC1. The van der Waals surface area contributed by atoms with Crippen LogP contribution in [0.15, 0.2) is 30.5 Å². The van der Waals surface area contributed by atoms with E-state index in [-0.39, 0.29) is 11.7 Å². The molecule has 0 N–H and O–H groups in total. The molecule has 2 heterocycles. The first-order valence-electron chi connectivity index (χ1n) is 7.28. The largest absolute Gasteiger partial charge is 0.337 e. The lowest BCUT2D eigenvalue weighted by atomic mass is 10.2. The number of aromatic nitrogens is 1. The van der Waals surface area contributed by atoms with Gasteiger partial charge < -0.3 is 4.90 Å². The molecule has 0 atom stereocenters. The average molecular weight is 336 g/mol. The first-order valence-corrected chi connectivity index (χ1v) is 9.25. The Labute approximate surface area is 137 Å². The summed E-state index contributed by atoms with van der Waals surface area (Å²) >= 11 is 3.34. The van der Waals surface area contributed by atoms with Gasteiger partial charge in [0.2, 0.25) is 0 Å². The highest BCUT2D eigenvalue weighted by atomic mass is 32.2. The Kier molecular flexibility index (Phi) is 5.10. The number of amides is 1. The predicted molar refractivity (Wildman–Crippen MR) is 89.2 cm³/mol. The molecule has 3 nitrogen and oxygen atoms in total. The van der Waals surface area contributed by atoms with Gasteiger partial charge in [0.25, 0.3) is 5.91 Å². The summed E-state index contributed by atoms with van der Waals surface area (Å²) in [5.74, 6) is 1.98. The topological polar surface area (TPSA) is 33.2 Å². The van der Waals surface area contributed by atoms with Gasteiger partial charge in [-0.25, -0.2) is 9.37 Å². The lowest BCUT2D eigenvalue weighted by Crippen LogP contribution is -2.32. The molecular weight excluding hydrogens is 319 g/mol. The van der Waals surface area contributed by atoms with Crippen molar-refractivity contribution >= 4 is 29.0 Å². The van der Waals surface area contributed by atoms with Crippen LogP contribution in [-0.2, 0) is 6.42 Å². The zero-order valence-corrected chi connectivity index (χ0v) is 13.8. The predicted octanol–water partition coefficient (Wildman–Crippen LogP) is 3.45. The summed E-state index contributed by atoms with van der Waals surface area (Å²) in [6, 6.07) is 6.41. The van der Waals surface area contributed by atoms with E-state index < -0.39 is 0 Å². The number of halogens is 1. The first-order chi connectivity index (χ1) is 10.7. The smallest absolute Gasteiger partial charge is 0.265 e. The number of thioether (sulfide) groups is 1. The molecule has 3 rings (SSSR count). The van der Waals surface area contributed by atoms with Crippen LogP contribution < -0.4 is 0 Å². The van der Waals surface area contributed by atoms with Crippen molar-refractivity contribution in [3.63, 3.8) is 0 Å². The van der Waals surface area contributed by atoms with Crippen LogP contribution in [0.1, 0.15) is 26.7 Å². The van der Waals surface area contributed by atoms with E-state index in [1.807, 2.05) is 16.7 Å². The van der Waals surface area contributed by atoms with Gasteiger partial charge in [0.15, 0.2) is 0 Å². The van der Waals surface area contributed by atoms with Gasteiger partial charge in [-0.2, -0.15) is 11.8 Å². The molecule has 1 aliphatic rings. The number of thiazole rings is 1. The minimum atomic E-state index is -0.238. The summed E-state index contributed by atoms with van der Waals surface area (Å²) in [7, 11) is 0. The van der Waals surface area contributed by atoms with Crippen molar-refractivity contribution in [3.05, 3.63) is 51.7 Å². The maximum atomic E-state index is 12.9. The molecular formula is C16H17FN2OS2. The summed E-state index contributed by atoms with van der Waals surface area (Å²) in [5, 5.41) is 0.888. The number of carbonyl (C=O) groups excluding carboxylic acids is 1. The monoisotopic (exact) mass is 336 g/mol. The number of rotatable bonds is 3. The first kappa shape index (κ1) is 15.5. The Morgan fingerprint density at radius 3 is 2.86 bits per heavy atom. The van der Waals surface area contributed by atoms with Crippen LogP contribution in [0, 0.1) is 5.82 Å². The van der Waals surface area contributed by atoms with Gasteiger partial charge in [0, 0.05) is 25.3 Å². The molecule has 1 saturated heterocycles. The van der Waals surface area contributed by atoms with Crippen LogP contribution in [0.3, 0.4) is 0 Å². The van der Waals surface area contributed by atoms with Gasteiger partial charge >= 0.3 is 0 Å². The Morgan fingerprint density at radius 1 is 1.23 bits per heavy atom. The van der Waals surface area contributed by atoms with Crippen molar-refractivity contribution in [1.82, 2.24) is 9.88 Å². The van der Waals surface area contributed by atoms with Gasteiger partial charge in [0.1, 0.15) is 10.7 Å². The molecule has 0 unspecified atom stereocenters. The van der Waals surface area contributed by atoms with Gasteiger partial charge in [-0.3, -0.25) is 4.79 Å². The molecule has 2 aromatic rings. The second-order valence-corrected chi connectivity index (χ2v) is 7.52. The lowest BCUT2D eigenvalue weighted by molar-refractivity contribution is 0.0773. The Balaban J connectivity index is 1.67. The summed E-state index contributed by atoms with van der Waals surface area (Å²) in [5.41, 5.74) is 1.00. The standard InChI is InChI=1S/C16H17FN2OS2/c17-13-4-2-12(3-5-13)10-15-18-11-14(22-15)16(20)19-6-1-8-21-9-7-19/h2-5,11H,1,6-10H2. The van der Waals surface area contributed by atoms with Crippen molar-refractivity contribution in [2.75, 3.05) is 24.6 Å². The fourth-order valence-electron chi connectivity index (χ4n) is 2.37. The number of hydrogen-bond acceptors (Lipinski definition) is 4. The molecule has 0 bridgehead atoms. The van der Waals surface area contributed by atoms with E-state index in [0.717, 1.165) is 41.6 Å². The van der Waals surface area contributed by atoms with Gasteiger partial charge in [-0.15, -0.1) is 11.3 Å². The molecule has 1 aromatic heterocycles. The maximum absolute atomic E-state index is 12.9. The third-order valence-electron chi connectivity index (χ3n) is 3.54. The number of carbonyl (C=O) groups is 1. The fourth-order valence-corrected chi connectivity index (χ4v) is 4.18. The van der Waals surface area contributed by atoms with Gasteiger partial charge in [-0.05, 0) is 29.9 Å². The van der Waals surface area contributed by atoms with Crippen LogP contribution in [-0.4, -0.2) is 40.4 Å². The van der Waals surface area contributed by atoms with E-state index in [1.54, 1.807) is 18.3 Å². The fraction of sp³-hybridized carbons (Fsp3) is 0.375. The second kappa shape index (κ2) is 7.24. The van der Waals surface area contributed by atoms with Crippen molar-refractivity contribution in [2.24, 2.45) is 0 Å². The van der Waals surface area contributed by atoms with E-state index in [0.29, 0.717) is 11.3 Å². The maximum Gasteiger partial charge on any atom is 0.265 e. The molecule has 0 radical (unpaired) electrons.